The molecular formula is C17H22O5. The van der Waals surface area contributed by atoms with E-state index in [1.165, 1.54) is 6.92 Å². The topological polar surface area (TPSA) is 65.1 Å². The van der Waals surface area contributed by atoms with Gasteiger partial charge in [-0.2, -0.15) is 0 Å². The fourth-order valence-electron chi connectivity index (χ4n) is 3.58. The van der Waals surface area contributed by atoms with Gasteiger partial charge >= 0.3 is 11.9 Å². The third-order valence-corrected chi connectivity index (χ3v) is 4.87. The van der Waals surface area contributed by atoms with E-state index >= 15 is 0 Å². The minimum Gasteiger partial charge on any atom is -0.458 e. The highest BCUT2D eigenvalue weighted by Gasteiger charge is 2.57. The van der Waals surface area contributed by atoms with Crippen LogP contribution in [-0.4, -0.2) is 35.9 Å². The summed E-state index contributed by atoms with van der Waals surface area (Å²) in [5, 5.41) is 0. The van der Waals surface area contributed by atoms with Crippen LogP contribution in [-0.2, 0) is 23.8 Å². The van der Waals surface area contributed by atoms with E-state index in [9.17, 15) is 9.59 Å². The summed E-state index contributed by atoms with van der Waals surface area (Å²) in [4.78, 5) is 23.4. The van der Waals surface area contributed by atoms with Gasteiger partial charge in [0.2, 0.25) is 0 Å². The molecule has 0 bridgehead atoms. The molecule has 0 radical (unpaired) electrons. The summed E-state index contributed by atoms with van der Waals surface area (Å²) in [6.45, 7) is 9.28. The third kappa shape index (κ3) is 2.70. The maximum absolute atomic E-state index is 12.0. The number of ether oxygens (including phenoxy) is 3. The Bertz CT molecular complexity index is 563. The number of carbonyl (C=O) groups is 2. The predicted molar refractivity (Wildman–Crippen MR) is 79.0 cm³/mol. The molecule has 1 aliphatic carbocycles. The third-order valence-electron chi connectivity index (χ3n) is 4.87. The van der Waals surface area contributed by atoms with Gasteiger partial charge in [-0.05, 0) is 32.8 Å². The Morgan fingerprint density at radius 1 is 1.50 bits per heavy atom. The number of carbonyl (C=O) groups excluding carboxylic acids is 2. The van der Waals surface area contributed by atoms with Crippen LogP contribution in [0.25, 0.3) is 0 Å². The van der Waals surface area contributed by atoms with Crippen molar-refractivity contribution in [2.75, 3.05) is 0 Å². The number of allylic oxidation sites excluding steroid dienone is 1. The quantitative estimate of drug-likeness (QED) is 0.322. The van der Waals surface area contributed by atoms with Crippen molar-refractivity contribution in [2.24, 2.45) is 5.92 Å². The summed E-state index contributed by atoms with van der Waals surface area (Å²) >= 11 is 0. The van der Waals surface area contributed by atoms with E-state index in [4.69, 9.17) is 14.2 Å². The van der Waals surface area contributed by atoms with Gasteiger partial charge in [-0.15, -0.1) is 0 Å². The van der Waals surface area contributed by atoms with Gasteiger partial charge in [-0.3, -0.25) is 4.79 Å². The molecule has 0 spiro atoms. The number of hydrogen-bond donors (Lipinski definition) is 0. The SMILES string of the molecule is C=C1C(=O)O[C@@H]2C[C@]3(C)O[C@@H]3CCC(C)=C[C@@H](OC(C)=O)[C@H]12. The van der Waals surface area contributed by atoms with Gasteiger partial charge in [0.05, 0.1) is 17.6 Å². The van der Waals surface area contributed by atoms with Gasteiger partial charge in [-0.1, -0.05) is 12.2 Å². The summed E-state index contributed by atoms with van der Waals surface area (Å²) in [6, 6.07) is 0. The van der Waals surface area contributed by atoms with Gasteiger partial charge in [0.25, 0.3) is 0 Å². The molecule has 120 valence electrons. The molecule has 5 nitrogen and oxygen atoms in total. The second-order valence-electron chi connectivity index (χ2n) is 6.74. The van der Waals surface area contributed by atoms with Gasteiger partial charge < -0.3 is 14.2 Å². The molecule has 2 aliphatic heterocycles. The Kier molecular flexibility index (Phi) is 3.63. The molecule has 0 amide bonds. The summed E-state index contributed by atoms with van der Waals surface area (Å²) in [7, 11) is 0. The van der Waals surface area contributed by atoms with Gasteiger partial charge in [-0.25, -0.2) is 4.79 Å². The van der Waals surface area contributed by atoms with Crippen LogP contribution < -0.4 is 0 Å². The molecule has 2 saturated heterocycles. The van der Waals surface area contributed by atoms with Crippen LogP contribution in [0.15, 0.2) is 23.8 Å². The molecule has 5 atom stereocenters. The molecule has 3 rings (SSSR count). The van der Waals surface area contributed by atoms with Gasteiger partial charge in [0.1, 0.15) is 12.2 Å². The van der Waals surface area contributed by atoms with E-state index in [1.54, 1.807) is 0 Å². The summed E-state index contributed by atoms with van der Waals surface area (Å²) < 4.78 is 16.8. The Balaban J connectivity index is 1.95. The van der Waals surface area contributed by atoms with Gasteiger partial charge in [0, 0.05) is 18.9 Å². The lowest BCUT2D eigenvalue weighted by Gasteiger charge is -2.27. The molecule has 3 aliphatic rings. The minimum absolute atomic E-state index is 0.203. The fraction of sp³-hybridized carbons (Fsp3) is 0.647. The lowest BCUT2D eigenvalue weighted by atomic mass is 9.83. The molecule has 0 unspecified atom stereocenters. The lowest BCUT2D eigenvalue weighted by molar-refractivity contribution is -0.147. The highest BCUT2D eigenvalue weighted by molar-refractivity contribution is 5.91. The lowest BCUT2D eigenvalue weighted by Crippen LogP contribution is -2.35. The zero-order valence-corrected chi connectivity index (χ0v) is 13.3. The average molecular weight is 306 g/mol. The molecule has 2 heterocycles. The molecule has 0 saturated carbocycles. The minimum atomic E-state index is -0.514. The normalized spacial score (nSPS) is 41.0. The monoisotopic (exact) mass is 306 g/mol. The van der Waals surface area contributed by atoms with E-state index < -0.39 is 12.1 Å². The van der Waals surface area contributed by atoms with Crippen LogP contribution in [0.5, 0.6) is 0 Å². The van der Waals surface area contributed by atoms with Crippen molar-refractivity contribution in [3.05, 3.63) is 23.8 Å². The van der Waals surface area contributed by atoms with Crippen LogP contribution >= 0.6 is 0 Å². The molecular weight excluding hydrogens is 284 g/mol. The molecule has 2 fully saturated rings. The summed E-state index contributed by atoms with van der Waals surface area (Å²) in [5.41, 5.74) is 1.24. The highest BCUT2D eigenvalue weighted by Crippen LogP contribution is 2.48. The zero-order valence-electron chi connectivity index (χ0n) is 13.3. The van der Waals surface area contributed by atoms with Crippen molar-refractivity contribution in [3.8, 4) is 0 Å². The fourth-order valence-corrected chi connectivity index (χ4v) is 3.58. The van der Waals surface area contributed by atoms with Crippen molar-refractivity contribution in [1.29, 1.82) is 0 Å². The van der Waals surface area contributed by atoms with E-state index in [0.717, 1.165) is 18.4 Å². The predicted octanol–water partition coefficient (Wildman–Crippen LogP) is 2.30. The second kappa shape index (κ2) is 5.23. The van der Waals surface area contributed by atoms with Crippen LogP contribution in [0.1, 0.15) is 40.0 Å². The van der Waals surface area contributed by atoms with Crippen LogP contribution in [0.4, 0.5) is 0 Å². The number of epoxide rings is 1. The van der Waals surface area contributed by atoms with Crippen LogP contribution in [0.3, 0.4) is 0 Å². The molecule has 0 N–H and O–H groups in total. The van der Waals surface area contributed by atoms with Crippen molar-refractivity contribution < 1.29 is 23.8 Å². The maximum atomic E-state index is 12.0. The van der Waals surface area contributed by atoms with E-state index in [1.807, 2.05) is 19.9 Å². The van der Waals surface area contributed by atoms with E-state index in [0.29, 0.717) is 12.0 Å². The average Bonchev–Trinajstić information content (AvgIpc) is 2.96. The van der Waals surface area contributed by atoms with Crippen molar-refractivity contribution in [3.63, 3.8) is 0 Å². The van der Waals surface area contributed by atoms with Crippen molar-refractivity contribution in [2.45, 2.75) is 63.9 Å². The molecule has 5 heteroatoms. The van der Waals surface area contributed by atoms with Crippen LogP contribution in [0, 0.1) is 5.92 Å². The molecule has 0 aromatic heterocycles. The maximum Gasteiger partial charge on any atom is 0.334 e. The van der Waals surface area contributed by atoms with Crippen molar-refractivity contribution >= 4 is 11.9 Å². The Hall–Kier alpha value is -1.62. The smallest absolute Gasteiger partial charge is 0.334 e. The van der Waals surface area contributed by atoms with E-state index in [2.05, 4.69) is 6.58 Å². The second-order valence-corrected chi connectivity index (χ2v) is 6.74. The molecule has 22 heavy (non-hydrogen) atoms. The number of rotatable bonds is 1. The standard InChI is InChI=1S/C17H22O5/c1-9-5-6-14-17(4,22-14)8-13-15(10(2)16(19)21-13)12(7-9)20-11(3)18/h7,12-15H,2,5-6,8H2,1,3-4H3/t12-,13-,14-,15+,17+/m1/s1. The summed E-state index contributed by atoms with van der Waals surface area (Å²) in [5.74, 6) is -1.12. The zero-order chi connectivity index (χ0) is 16.1. The van der Waals surface area contributed by atoms with Crippen LogP contribution in [0.2, 0.25) is 0 Å². The van der Waals surface area contributed by atoms with Gasteiger partial charge in [0.15, 0.2) is 0 Å². The van der Waals surface area contributed by atoms with E-state index in [-0.39, 0.29) is 29.7 Å². The summed E-state index contributed by atoms with van der Waals surface area (Å²) in [6.07, 6.45) is 3.68. The molecule has 0 aromatic carbocycles. The largest absolute Gasteiger partial charge is 0.458 e. The highest BCUT2D eigenvalue weighted by atomic mass is 16.6. The first-order valence-electron chi connectivity index (χ1n) is 7.72. The number of hydrogen-bond acceptors (Lipinski definition) is 5. The first kappa shape index (κ1) is 15.3. The Morgan fingerprint density at radius 2 is 2.23 bits per heavy atom. The van der Waals surface area contributed by atoms with Crippen molar-refractivity contribution in [1.82, 2.24) is 0 Å². The molecule has 0 aromatic rings. The Labute approximate surface area is 130 Å². The first-order chi connectivity index (χ1) is 10.3. The number of esters is 2. The number of fused-ring (bicyclic) bond motifs is 2. The Morgan fingerprint density at radius 3 is 2.91 bits per heavy atom. The first-order valence-corrected chi connectivity index (χ1v) is 7.72.